The van der Waals surface area contributed by atoms with Crippen molar-refractivity contribution in [1.82, 2.24) is 9.55 Å². The molecule has 0 saturated heterocycles. The summed E-state index contributed by atoms with van der Waals surface area (Å²) < 4.78 is 2.01. The molecule has 0 aliphatic heterocycles. The first kappa shape index (κ1) is 7.66. The molecule has 1 rings (SSSR count). The fraction of sp³-hybridized carbons (Fsp3) is 0.571. The summed E-state index contributed by atoms with van der Waals surface area (Å²) in [6.45, 7) is 2.15. The Morgan fingerprint density at radius 3 is 3.00 bits per heavy atom. The second-order valence-corrected chi connectivity index (χ2v) is 2.88. The van der Waals surface area contributed by atoms with Crippen molar-refractivity contribution in [2.24, 2.45) is 0 Å². The molecule has 56 valence electrons. The van der Waals surface area contributed by atoms with E-state index in [9.17, 15) is 0 Å². The molecule has 0 N–H and O–H groups in total. The summed E-state index contributed by atoms with van der Waals surface area (Å²) in [5.74, 6) is 0. The molecular weight excluding hydrogens is 144 g/mol. The molecule has 2 nitrogen and oxygen atoms in total. The van der Waals surface area contributed by atoms with Crippen LogP contribution in [-0.4, -0.2) is 9.55 Å². The number of imidazole rings is 1. The summed E-state index contributed by atoms with van der Waals surface area (Å²) >= 11 is 4.39. The second-order valence-electron chi connectivity index (χ2n) is 2.28. The van der Waals surface area contributed by atoms with E-state index in [2.05, 4.69) is 24.5 Å². The minimum Gasteiger partial charge on any atom is -0.325 e. The summed E-state index contributed by atoms with van der Waals surface area (Å²) in [7, 11) is 0. The summed E-state index contributed by atoms with van der Waals surface area (Å²) in [6, 6.07) is 0. The fourth-order valence-corrected chi connectivity index (χ4v) is 1.25. The van der Waals surface area contributed by atoms with Crippen molar-refractivity contribution in [3.63, 3.8) is 0 Å². The van der Waals surface area contributed by atoms with Crippen molar-refractivity contribution in [1.29, 1.82) is 0 Å². The minimum absolute atomic E-state index is 0.299. The third-order valence-electron chi connectivity index (χ3n) is 1.42. The van der Waals surface area contributed by atoms with E-state index in [1.54, 1.807) is 12.5 Å². The standard InChI is InChI=1S/C7H12N2S/c1-2-3-7(10)9-5-4-8-6-9/h4-7,10H,2-3H2,1H3. The van der Waals surface area contributed by atoms with Gasteiger partial charge in [-0.2, -0.15) is 12.6 Å². The van der Waals surface area contributed by atoms with Gasteiger partial charge in [-0.25, -0.2) is 4.98 Å². The highest BCUT2D eigenvalue weighted by Crippen LogP contribution is 2.16. The van der Waals surface area contributed by atoms with E-state index < -0.39 is 0 Å². The van der Waals surface area contributed by atoms with Gasteiger partial charge in [0.05, 0.1) is 11.7 Å². The average Bonchev–Trinajstić information content (AvgIpc) is 2.38. The molecule has 0 radical (unpaired) electrons. The van der Waals surface area contributed by atoms with E-state index in [4.69, 9.17) is 0 Å². The van der Waals surface area contributed by atoms with E-state index in [1.807, 2.05) is 10.8 Å². The Morgan fingerprint density at radius 1 is 1.70 bits per heavy atom. The molecule has 0 aliphatic carbocycles. The Labute approximate surface area is 66.7 Å². The molecule has 3 heteroatoms. The van der Waals surface area contributed by atoms with E-state index >= 15 is 0 Å². The zero-order valence-corrected chi connectivity index (χ0v) is 6.96. The fourth-order valence-electron chi connectivity index (χ4n) is 0.853. The van der Waals surface area contributed by atoms with Gasteiger partial charge in [0.25, 0.3) is 0 Å². The first-order valence-electron chi connectivity index (χ1n) is 3.50. The predicted molar refractivity (Wildman–Crippen MR) is 45.2 cm³/mol. The van der Waals surface area contributed by atoms with Crippen LogP contribution in [0.15, 0.2) is 18.7 Å². The van der Waals surface area contributed by atoms with Crippen molar-refractivity contribution in [2.45, 2.75) is 25.1 Å². The third-order valence-corrected chi connectivity index (χ3v) is 1.94. The van der Waals surface area contributed by atoms with Crippen molar-refractivity contribution in [3.05, 3.63) is 18.7 Å². The Balaban J connectivity index is 2.50. The number of rotatable bonds is 3. The summed E-state index contributed by atoms with van der Waals surface area (Å²) in [6.07, 6.45) is 7.77. The van der Waals surface area contributed by atoms with Crippen LogP contribution in [0, 0.1) is 0 Å². The molecule has 0 bridgehead atoms. The first-order valence-corrected chi connectivity index (χ1v) is 4.01. The molecule has 1 heterocycles. The van der Waals surface area contributed by atoms with Gasteiger partial charge in [-0.3, -0.25) is 0 Å². The van der Waals surface area contributed by atoms with Crippen molar-refractivity contribution in [2.75, 3.05) is 0 Å². The smallest absolute Gasteiger partial charge is 0.0955 e. The largest absolute Gasteiger partial charge is 0.325 e. The molecule has 1 aromatic rings. The molecule has 0 aromatic carbocycles. The SMILES string of the molecule is CCCC(S)n1ccnc1. The summed E-state index contributed by atoms with van der Waals surface area (Å²) in [4.78, 5) is 3.94. The van der Waals surface area contributed by atoms with Crippen LogP contribution in [0.5, 0.6) is 0 Å². The van der Waals surface area contributed by atoms with Crippen LogP contribution in [0.2, 0.25) is 0 Å². The Morgan fingerprint density at radius 2 is 2.50 bits per heavy atom. The van der Waals surface area contributed by atoms with Gasteiger partial charge in [-0.15, -0.1) is 0 Å². The number of hydrogen-bond acceptors (Lipinski definition) is 2. The molecule has 1 atom stereocenters. The lowest BCUT2D eigenvalue weighted by atomic mass is 10.3. The van der Waals surface area contributed by atoms with Crippen LogP contribution in [0.3, 0.4) is 0 Å². The Hall–Kier alpha value is -0.440. The van der Waals surface area contributed by atoms with Crippen LogP contribution >= 0.6 is 12.6 Å². The second kappa shape index (κ2) is 3.66. The van der Waals surface area contributed by atoms with Gasteiger partial charge in [-0.05, 0) is 6.42 Å². The summed E-state index contributed by atoms with van der Waals surface area (Å²) in [5, 5.41) is 0.299. The van der Waals surface area contributed by atoms with E-state index in [1.165, 1.54) is 0 Å². The van der Waals surface area contributed by atoms with Gasteiger partial charge < -0.3 is 4.57 Å². The third kappa shape index (κ3) is 1.77. The van der Waals surface area contributed by atoms with E-state index in [0.29, 0.717) is 5.37 Å². The highest BCUT2D eigenvalue weighted by atomic mass is 32.1. The van der Waals surface area contributed by atoms with Crippen LogP contribution < -0.4 is 0 Å². The maximum absolute atomic E-state index is 4.39. The molecule has 10 heavy (non-hydrogen) atoms. The van der Waals surface area contributed by atoms with Gasteiger partial charge in [0.2, 0.25) is 0 Å². The number of aromatic nitrogens is 2. The van der Waals surface area contributed by atoms with Gasteiger partial charge in [0.1, 0.15) is 0 Å². The lowest BCUT2D eigenvalue weighted by Gasteiger charge is -2.09. The normalized spacial score (nSPS) is 13.4. The molecule has 0 saturated carbocycles. The van der Waals surface area contributed by atoms with Crippen molar-refractivity contribution >= 4 is 12.6 Å². The lowest BCUT2D eigenvalue weighted by molar-refractivity contribution is 0.617. The molecule has 1 aromatic heterocycles. The Kier molecular flexibility index (Phi) is 2.81. The predicted octanol–water partition coefficient (Wildman–Crippen LogP) is 2.11. The molecule has 0 fully saturated rings. The van der Waals surface area contributed by atoms with Crippen LogP contribution in [0.4, 0.5) is 0 Å². The lowest BCUT2D eigenvalue weighted by Crippen LogP contribution is -1.98. The zero-order chi connectivity index (χ0) is 7.40. The minimum atomic E-state index is 0.299. The first-order chi connectivity index (χ1) is 4.84. The number of hydrogen-bond donors (Lipinski definition) is 1. The van der Waals surface area contributed by atoms with Crippen LogP contribution in [0.1, 0.15) is 25.1 Å². The number of nitrogens with zero attached hydrogens (tertiary/aromatic N) is 2. The molecule has 0 amide bonds. The van der Waals surface area contributed by atoms with Crippen molar-refractivity contribution in [3.8, 4) is 0 Å². The van der Waals surface area contributed by atoms with Crippen LogP contribution in [-0.2, 0) is 0 Å². The van der Waals surface area contributed by atoms with E-state index in [0.717, 1.165) is 12.8 Å². The zero-order valence-electron chi connectivity index (χ0n) is 6.07. The van der Waals surface area contributed by atoms with Crippen LogP contribution in [0.25, 0.3) is 0 Å². The molecular formula is C7H12N2S. The maximum Gasteiger partial charge on any atom is 0.0955 e. The molecule has 0 aliphatic rings. The van der Waals surface area contributed by atoms with E-state index in [-0.39, 0.29) is 0 Å². The highest BCUT2D eigenvalue weighted by Gasteiger charge is 2.00. The molecule has 1 unspecified atom stereocenters. The van der Waals surface area contributed by atoms with Gasteiger partial charge in [0.15, 0.2) is 0 Å². The number of thiol groups is 1. The highest BCUT2D eigenvalue weighted by molar-refractivity contribution is 7.80. The topological polar surface area (TPSA) is 17.8 Å². The van der Waals surface area contributed by atoms with Crippen molar-refractivity contribution < 1.29 is 0 Å². The summed E-state index contributed by atoms with van der Waals surface area (Å²) in [5.41, 5.74) is 0. The average molecular weight is 156 g/mol. The van der Waals surface area contributed by atoms with Gasteiger partial charge in [-0.1, -0.05) is 13.3 Å². The van der Waals surface area contributed by atoms with Gasteiger partial charge >= 0.3 is 0 Å². The Bertz CT molecular complexity index is 172. The monoisotopic (exact) mass is 156 g/mol. The molecule has 0 spiro atoms. The maximum atomic E-state index is 4.39. The quantitative estimate of drug-likeness (QED) is 0.664. The van der Waals surface area contributed by atoms with Gasteiger partial charge in [0, 0.05) is 12.4 Å².